The molecule has 0 saturated heterocycles. The summed E-state index contributed by atoms with van der Waals surface area (Å²) in [6.45, 7) is 8.47. The first-order valence-electron chi connectivity index (χ1n) is 6.88. The third kappa shape index (κ3) is 18.7. The highest BCUT2D eigenvalue weighted by molar-refractivity contribution is 7.17. The van der Waals surface area contributed by atoms with Gasteiger partial charge in [-0.05, 0) is 77.1 Å². The Morgan fingerprint density at radius 1 is 0.875 bits per heavy atom. The van der Waals surface area contributed by atoms with Crippen molar-refractivity contribution in [3.05, 3.63) is 0 Å². The van der Waals surface area contributed by atoms with Crippen molar-refractivity contribution in [2.45, 2.75) is 20.8 Å². The van der Waals surface area contributed by atoms with E-state index in [-0.39, 0.29) is 0 Å². The largest absolute Gasteiger partial charge is 0.369 e. The van der Waals surface area contributed by atoms with Crippen LogP contribution in [0.5, 0.6) is 0 Å². The Labute approximate surface area is 160 Å². The highest BCUT2D eigenvalue weighted by Crippen LogP contribution is 1.97. The zero-order valence-corrected chi connectivity index (χ0v) is 21.4. The van der Waals surface area contributed by atoms with Crippen molar-refractivity contribution in [1.82, 2.24) is 19.5 Å². The fourth-order valence-corrected chi connectivity index (χ4v) is 1.98. The molecule has 0 fully saturated rings. The van der Waals surface area contributed by atoms with Crippen LogP contribution < -0.4 is 21.6 Å². The molecular formula is C9H33N9P6. The van der Waals surface area contributed by atoms with Crippen LogP contribution in [0.4, 0.5) is 0 Å². The van der Waals surface area contributed by atoms with Crippen molar-refractivity contribution in [1.29, 1.82) is 0 Å². The second kappa shape index (κ2) is 21.4. The molecule has 0 aliphatic carbocycles. The van der Waals surface area contributed by atoms with Gasteiger partial charge in [-0.15, -0.1) is 0 Å². The van der Waals surface area contributed by atoms with Gasteiger partial charge in [0.15, 0.2) is 17.9 Å². The predicted molar refractivity (Wildman–Crippen MR) is 131 cm³/mol. The molecule has 0 aromatic rings. The maximum absolute atomic E-state index is 5.36. The highest BCUT2D eigenvalue weighted by Gasteiger charge is 1.93. The summed E-state index contributed by atoms with van der Waals surface area (Å²) in [5.74, 6) is 1.80. The molecule has 0 spiro atoms. The standard InChI is InChI=1S/3C3H11N3P2/c2*1-2-6(8)3(4)5-7;1-2-4-3(5-7)6-8/h2*2,7-8H2,1H3,(H2,4,5);2,7-8H2,1H3,(H2,4,5,6). The van der Waals surface area contributed by atoms with Crippen LogP contribution in [-0.2, 0) is 0 Å². The van der Waals surface area contributed by atoms with Crippen LogP contribution in [0.15, 0.2) is 14.5 Å². The van der Waals surface area contributed by atoms with E-state index in [1.54, 1.807) is 9.34 Å². The van der Waals surface area contributed by atoms with Gasteiger partial charge in [-0.3, -0.25) is 4.99 Å². The van der Waals surface area contributed by atoms with Crippen LogP contribution in [0, 0.1) is 0 Å². The smallest absolute Gasteiger partial charge is 0.197 e. The van der Waals surface area contributed by atoms with Crippen LogP contribution >= 0.6 is 56.3 Å². The molecule has 0 amide bonds. The minimum Gasteiger partial charge on any atom is -0.369 e. The van der Waals surface area contributed by atoms with Gasteiger partial charge < -0.3 is 31.0 Å². The second-order valence-corrected chi connectivity index (χ2v) is 6.00. The quantitative estimate of drug-likeness (QED) is 0.281. The average molecular weight is 453 g/mol. The van der Waals surface area contributed by atoms with E-state index in [0.717, 1.165) is 25.6 Å². The van der Waals surface area contributed by atoms with Gasteiger partial charge in [0.1, 0.15) is 0 Å². The lowest BCUT2D eigenvalue weighted by atomic mass is 10.7. The lowest BCUT2D eigenvalue weighted by Crippen LogP contribution is -2.27. The molecule has 0 radical (unpaired) electrons. The average Bonchev–Trinajstić information content (AvgIpc) is 2.64. The Balaban J connectivity index is -0.000000276. The Kier molecular flexibility index (Phi) is 26.0. The SMILES string of the molecule is CCN(P)C(N)=NP.CCN(P)C(N)=NP.CCN=C(NP)NP. The lowest BCUT2D eigenvalue weighted by molar-refractivity contribution is 0.708. The van der Waals surface area contributed by atoms with Crippen molar-refractivity contribution >= 4 is 74.2 Å². The molecule has 144 valence electrons. The summed E-state index contributed by atoms with van der Waals surface area (Å²) in [6, 6.07) is 0. The number of nitrogens with two attached hydrogens (primary N) is 2. The number of hydrogen-bond acceptors (Lipinski definition) is 3. The molecule has 0 heterocycles. The molecule has 24 heavy (non-hydrogen) atoms. The minimum atomic E-state index is 0.516. The number of rotatable bonds is 3. The van der Waals surface area contributed by atoms with E-state index in [1.165, 1.54) is 0 Å². The second-order valence-electron chi connectivity index (χ2n) is 3.66. The van der Waals surface area contributed by atoms with Gasteiger partial charge in [-0.2, -0.15) is 0 Å². The third-order valence-corrected chi connectivity index (χ3v) is 4.46. The first kappa shape index (κ1) is 29.2. The maximum atomic E-state index is 5.36. The maximum Gasteiger partial charge on any atom is 0.197 e. The monoisotopic (exact) mass is 453 g/mol. The van der Waals surface area contributed by atoms with Crippen molar-refractivity contribution in [2.75, 3.05) is 19.6 Å². The van der Waals surface area contributed by atoms with Crippen LogP contribution in [0.1, 0.15) is 20.8 Å². The molecule has 9 nitrogen and oxygen atoms in total. The molecule has 0 rings (SSSR count). The normalized spacial score (nSPS) is 10.4. The molecule has 0 aromatic heterocycles. The Bertz CT molecular complexity index is 349. The molecule has 6 N–H and O–H groups in total. The first-order valence-corrected chi connectivity index (χ1v) is 10.1. The van der Waals surface area contributed by atoms with E-state index in [0.29, 0.717) is 11.9 Å². The molecule has 0 bridgehead atoms. The summed E-state index contributed by atoms with van der Waals surface area (Å²) in [5.41, 5.74) is 10.7. The van der Waals surface area contributed by atoms with E-state index < -0.39 is 0 Å². The molecule has 0 aliphatic heterocycles. The number of hydrogen-bond donors (Lipinski definition) is 4. The molecule has 15 heteroatoms. The summed E-state index contributed by atoms with van der Waals surface area (Å²) >= 11 is 0. The molecule has 0 aromatic carbocycles. The van der Waals surface area contributed by atoms with Crippen LogP contribution in [0.2, 0.25) is 0 Å². The Morgan fingerprint density at radius 3 is 1.29 bits per heavy atom. The Morgan fingerprint density at radius 2 is 1.21 bits per heavy atom. The zero-order chi connectivity index (χ0) is 19.5. The van der Waals surface area contributed by atoms with Crippen molar-refractivity contribution in [2.24, 2.45) is 26.0 Å². The summed E-state index contributed by atoms with van der Waals surface area (Å²) in [4.78, 5) is 4.01. The first-order chi connectivity index (χ1) is 11.3. The fraction of sp³-hybridized carbons (Fsp3) is 0.667. The van der Waals surface area contributed by atoms with E-state index in [4.69, 9.17) is 11.5 Å². The van der Waals surface area contributed by atoms with Gasteiger partial charge in [-0.25, -0.2) is 9.53 Å². The van der Waals surface area contributed by atoms with Crippen molar-refractivity contribution < 1.29 is 0 Å². The summed E-state index contributed by atoms with van der Waals surface area (Å²) < 4.78 is 10.9. The van der Waals surface area contributed by atoms with Gasteiger partial charge in [0.25, 0.3) is 0 Å². The fourth-order valence-electron chi connectivity index (χ4n) is 0.763. The van der Waals surface area contributed by atoms with E-state index >= 15 is 0 Å². The summed E-state index contributed by atoms with van der Waals surface area (Å²) in [7, 11) is 14.0. The third-order valence-electron chi connectivity index (χ3n) is 2.12. The topological polar surface area (TPSA) is 120 Å². The molecule has 6 unspecified atom stereocenters. The van der Waals surface area contributed by atoms with Crippen LogP contribution in [-0.4, -0.2) is 46.9 Å². The van der Waals surface area contributed by atoms with Crippen LogP contribution in [0.3, 0.4) is 0 Å². The van der Waals surface area contributed by atoms with Gasteiger partial charge in [0, 0.05) is 19.6 Å². The van der Waals surface area contributed by atoms with Gasteiger partial charge >= 0.3 is 0 Å². The lowest BCUT2D eigenvalue weighted by Gasteiger charge is -2.12. The van der Waals surface area contributed by atoms with Gasteiger partial charge in [-0.1, -0.05) is 0 Å². The van der Waals surface area contributed by atoms with E-state index in [9.17, 15) is 0 Å². The number of aliphatic imine (C=N–C) groups is 1. The Hall–Kier alpha value is 0.390. The van der Waals surface area contributed by atoms with E-state index in [2.05, 4.69) is 81.0 Å². The molecular weight excluding hydrogens is 420 g/mol. The van der Waals surface area contributed by atoms with Crippen molar-refractivity contribution in [3.63, 3.8) is 0 Å². The summed E-state index contributed by atoms with van der Waals surface area (Å²) in [6.07, 6.45) is 0. The zero-order valence-electron chi connectivity index (χ0n) is 14.5. The van der Waals surface area contributed by atoms with Gasteiger partial charge in [0.05, 0.1) is 0 Å². The number of nitrogens with zero attached hydrogens (tertiary/aromatic N) is 5. The van der Waals surface area contributed by atoms with Gasteiger partial charge in [0.2, 0.25) is 0 Å². The highest BCUT2D eigenvalue weighted by atomic mass is 31.0. The summed E-state index contributed by atoms with van der Waals surface area (Å²) in [5, 5.41) is 5.57. The molecule has 6 atom stereocenters. The predicted octanol–water partition coefficient (Wildman–Crippen LogP) is 0.528. The minimum absolute atomic E-state index is 0.516. The molecule has 0 aliphatic rings. The van der Waals surface area contributed by atoms with Crippen molar-refractivity contribution in [3.8, 4) is 0 Å². The number of guanidine groups is 3. The van der Waals surface area contributed by atoms with E-state index in [1.807, 2.05) is 20.8 Å². The van der Waals surface area contributed by atoms with Crippen LogP contribution in [0.25, 0.3) is 0 Å². The number of nitrogens with one attached hydrogen (secondary N) is 2. The molecule has 0 saturated carbocycles.